The molecule has 0 radical (unpaired) electrons. The summed E-state index contributed by atoms with van der Waals surface area (Å²) >= 11 is 0. The van der Waals surface area contributed by atoms with E-state index >= 15 is 0 Å². The summed E-state index contributed by atoms with van der Waals surface area (Å²) in [5, 5.41) is 3.50. The van der Waals surface area contributed by atoms with Crippen LogP contribution in [-0.2, 0) is 0 Å². The summed E-state index contributed by atoms with van der Waals surface area (Å²) in [5.74, 6) is 2.14. The second-order valence-electron chi connectivity index (χ2n) is 6.18. The molecule has 1 heterocycles. The summed E-state index contributed by atoms with van der Waals surface area (Å²) in [7, 11) is 0. The molecule has 2 rings (SSSR count). The van der Waals surface area contributed by atoms with Gasteiger partial charge in [-0.25, -0.2) is 0 Å². The smallest absolute Gasteiger partial charge is 0.126 e. The molecule has 1 atom stereocenters. The first-order valence-corrected chi connectivity index (χ1v) is 7.58. The fraction of sp³-hybridized carbons (Fsp3) is 0.647. The Balaban J connectivity index is 2.19. The van der Waals surface area contributed by atoms with Gasteiger partial charge in [0, 0.05) is 6.04 Å². The molecule has 0 bridgehead atoms. The standard InChI is InChI=1S/C17H27NO/c1-12(2)15-8-5-9-16(13(3)4)17(15)19-11-14-7-6-10-18-14/h5,8-9,12-14,18H,6-7,10-11H2,1-4H3/t14-/m1/s1. The lowest BCUT2D eigenvalue weighted by Gasteiger charge is -2.21. The van der Waals surface area contributed by atoms with Crippen molar-refractivity contribution in [2.75, 3.05) is 13.2 Å². The Bertz CT molecular complexity index is 379. The van der Waals surface area contributed by atoms with Crippen LogP contribution in [0.4, 0.5) is 0 Å². The third-order valence-corrected chi connectivity index (χ3v) is 3.91. The Morgan fingerprint density at radius 2 is 1.79 bits per heavy atom. The van der Waals surface area contributed by atoms with E-state index in [0.717, 1.165) is 18.9 Å². The van der Waals surface area contributed by atoms with E-state index in [9.17, 15) is 0 Å². The van der Waals surface area contributed by atoms with Crippen molar-refractivity contribution in [3.63, 3.8) is 0 Å². The molecule has 2 nitrogen and oxygen atoms in total. The molecule has 0 spiro atoms. The lowest BCUT2D eigenvalue weighted by molar-refractivity contribution is 0.270. The summed E-state index contributed by atoms with van der Waals surface area (Å²) in [4.78, 5) is 0. The zero-order valence-electron chi connectivity index (χ0n) is 12.7. The van der Waals surface area contributed by atoms with E-state index in [1.54, 1.807) is 0 Å². The Labute approximate surface area is 117 Å². The highest BCUT2D eigenvalue weighted by molar-refractivity contribution is 5.44. The SMILES string of the molecule is CC(C)c1cccc(C(C)C)c1OC[C@H]1CCCN1. The number of hydrogen-bond donors (Lipinski definition) is 1. The van der Waals surface area contributed by atoms with Gasteiger partial charge in [0.05, 0.1) is 0 Å². The zero-order chi connectivity index (χ0) is 13.8. The van der Waals surface area contributed by atoms with Crippen molar-refractivity contribution in [2.24, 2.45) is 0 Å². The molecule has 1 saturated heterocycles. The van der Waals surface area contributed by atoms with E-state index in [2.05, 4.69) is 51.2 Å². The van der Waals surface area contributed by atoms with E-state index in [1.165, 1.54) is 24.0 Å². The lowest BCUT2D eigenvalue weighted by Crippen LogP contribution is -2.28. The van der Waals surface area contributed by atoms with Crippen molar-refractivity contribution in [3.8, 4) is 5.75 Å². The van der Waals surface area contributed by atoms with Gasteiger partial charge in [0.25, 0.3) is 0 Å². The zero-order valence-corrected chi connectivity index (χ0v) is 12.7. The maximum Gasteiger partial charge on any atom is 0.126 e. The highest BCUT2D eigenvalue weighted by Crippen LogP contribution is 2.34. The highest BCUT2D eigenvalue weighted by Gasteiger charge is 2.18. The molecule has 0 unspecified atom stereocenters. The van der Waals surface area contributed by atoms with Gasteiger partial charge in [0.15, 0.2) is 0 Å². The van der Waals surface area contributed by atoms with Gasteiger partial charge < -0.3 is 10.1 Å². The minimum Gasteiger partial charge on any atom is -0.491 e. The van der Waals surface area contributed by atoms with Gasteiger partial charge in [-0.1, -0.05) is 45.9 Å². The molecule has 1 aliphatic heterocycles. The lowest BCUT2D eigenvalue weighted by atomic mass is 9.94. The quantitative estimate of drug-likeness (QED) is 0.863. The van der Waals surface area contributed by atoms with Crippen LogP contribution in [0.2, 0.25) is 0 Å². The fourth-order valence-electron chi connectivity index (χ4n) is 2.73. The molecule has 2 heteroatoms. The van der Waals surface area contributed by atoms with Crippen LogP contribution < -0.4 is 10.1 Å². The molecule has 0 amide bonds. The van der Waals surface area contributed by atoms with Crippen LogP contribution in [-0.4, -0.2) is 19.2 Å². The largest absolute Gasteiger partial charge is 0.491 e. The molecule has 1 aromatic carbocycles. The molecule has 1 aliphatic rings. The fourth-order valence-corrected chi connectivity index (χ4v) is 2.73. The monoisotopic (exact) mass is 261 g/mol. The van der Waals surface area contributed by atoms with Crippen LogP contribution in [0.15, 0.2) is 18.2 Å². The maximum absolute atomic E-state index is 6.21. The molecule has 0 aliphatic carbocycles. The minimum atomic E-state index is 0.505. The van der Waals surface area contributed by atoms with Crippen molar-refractivity contribution in [3.05, 3.63) is 29.3 Å². The Hall–Kier alpha value is -1.02. The third-order valence-electron chi connectivity index (χ3n) is 3.91. The van der Waals surface area contributed by atoms with Crippen LogP contribution in [0, 0.1) is 0 Å². The maximum atomic E-state index is 6.21. The summed E-state index contributed by atoms with van der Waals surface area (Å²) in [6, 6.07) is 7.09. The first-order valence-electron chi connectivity index (χ1n) is 7.58. The molecular weight excluding hydrogens is 234 g/mol. The van der Waals surface area contributed by atoms with Crippen LogP contribution >= 0.6 is 0 Å². The molecule has 106 valence electrons. The average Bonchev–Trinajstić information content (AvgIpc) is 2.88. The van der Waals surface area contributed by atoms with Crippen molar-refractivity contribution >= 4 is 0 Å². The number of nitrogens with one attached hydrogen (secondary N) is 1. The predicted molar refractivity (Wildman–Crippen MR) is 81.1 cm³/mol. The van der Waals surface area contributed by atoms with Crippen molar-refractivity contribution in [1.82, 2.24) is 5.32 Å². The number of para-hydroxylation sites is 1. The van der Waals surface area contributed by atoms with Gasteiger partial charge in [-0.05, 0) is 42.3 Å². The molecule has 1 N–H and O–H groups in total. The molecule has 0 aromatic heterocycles. The van der Waals surface area contributed by atoms with Gasteiger partial charge in [-0.15, -0.1) is 0 Å². The highest BCUT2D eigenvalue weighted by atomic mass is 16.5. The van der Waals surface area contributed by atoms with Gasteiger partial charge in [-0.2, -0.15) is 0 Å². The first kappa shape index (κ1) is 14.4. The molecule has 19 heavy (non-hydrogen) atoms. The normalized spacial score (nSPS) is 19.4. The van der Waals surface area contributed by atoms with Gasteiger partial charge >= 0.3 is 0 Å². The first-order chi connectivity index (χ1) is 9.09. The molecule has 0 saturated carbocycles. The van der Waals surface area contributed by atoms with Crippen molar-refractivity contribution < 1.29 is 4.74 Å². The molecule has 1 fully saturated rings. The molecule has 1 aromatic rings. The van der Waals surface area contributed by atoms with Gasteiger partial charge in [-0.3, -0.25) is 0 Å². The van der Waals surface area contributed by atoms with Crippen LogP contribution in [0.1, 0.15) is 63.5 Å². The third kappa shape index (κ3) is 3.50. The Kier molecular flexibility index (Phi) is 4.87. The average molecular weight is 261 g/mol. The summed E-state index contributed by atoms with van der Waals surface area (Å²) in [6.45, 7) is 10.9. The number of rotatable bonds is 5. The number of hydrogen-bond acceptors (Lipinski definition) is 2. The summed E-state index contributed by atoms with van der Waals surface area (Å²) < 4.78 is 6.21. The van der Waals surface area contributed by atoms with Crippen LogP contribution in [0.3, 0.4) is 0 Å². The minimum absolute atomic E-state index is 0.505. The molecular formula is C17H27NO. The topological polar surface area (TPSA) is 21.3 Å². The summed E-state index contributed by atoms with van der Waals surface area (Å²) in [6.07, 6.45) is 2.51. The van der Waals surface area contributed by atoms with E-state index in [4.69, 9.17) is 4.74 Å². The van der Waals surface area contributed by atoms with Gasteiger partial charge in [0.2, 0.25) is 0 Å². The Morgan fingerprint density at radius 3 is 2.26 bits per heavy atom. The predicted octanol–water partition coefficient (Wildman–Crippen LogP) is 4.06. The van der Waals surface area contributed by atoms with E-state index in [1.807, 2.05) is 0 Å². The number of ether oxygens (including phenoxy) is 1. The second-order valence-corrected chi connectivity index (χ2v) is 6.18. The van der Waals surface area contributed by atoms with Gasteiger partial charge in [0.1, 0.15) is 12.4 Å². The second kappa shape index (κ2) is 6.42. The number of benzene rings is 1. The van der Waals surface area contributed by atoms with Crippen molar-refractivity contribution in [1.29, 1.82) is 0 Å². The van der Waals surface area contributed by atoms with Crippen LogP contribution in [0.25, 0.3) is 0 Å². The summed E-state index contributed by atoms with van der Waals surface area (Å²) in [5.41, 5.74) is 2.67. The Morgan fingerprint density at radius 1 is 1.16 bits per heavy atom. The van der Waals surface area contributed by atoms with E-state index in [-0.39, 0.29) is 0 Å². The van der Waals surface area contributed by atoms with Crippen LogP contribution in [0.5, 0.6) is 5.75 Å². The van der Waals surface area contributed by atoms with E-state index in [0.29, 0.717) is 17.9 Å². The van der Waals surface area contributed by atoms with E-state index < -0.39 is 0 Å². The van der Waals surface area contributed by atoms with Crippen molar-refractivity contribution in [2.45, 2.75) is 58.4 Å².